The molecule has 0 fully saturated rings. The number of halogens is 2. The van der Waals surface area contributed by atoms with E-state index in [2.05, 4.69) is 27.8 Å². The summed E-state index contributed by atoms with van der Waals surface area (Å²) < 4.78 is 13.2. The molecule has 1 rings (SSSR count). The summed E-state index contributed by atoms with van der Waals surface area (Å²) >= 11 is 3.09. The van der Waals surface area contributed by atoms with Crippen molar-refractivity contribution in [3.05, 3.63) is 34.1 Å². The molecule has 0 aliphatic heterocycles. The van der Waals surface area contributed by atoms with Crippen LogP contribution in [0.25, 0.3) is 0 Å². The number of benzene rings is 1. The summed E-state index contributed by atoms with van der Waals surface area (Å²) in [5.41, 5.74) is 0.774. The zero-order chi connectivity index (χ0) is 10.4. The van der Waals surface area contributed by atoms with E-state index in [0.717, 1.165) is 5.56 Å². The van der Waals surface area contributed by atoms with E-state index in [-0.39, 0.29) is 12.4 Å². The van der Waals surface area contributed by atoms with Gasteiger partial charge in [0.2, 0.25) is 0 Å². The predicted molar refractivity (Wildman–Crippen MR) is 57.3 cm³/mol. The quantitative estimate of drug-likeness (QED) is 0.638. The Morgan fingerprint density at radius 3 is 2.86 bits per heavy atom. The van der Waals surface area contributed by atoms with Gasteiger partial charge in [0.25, 0.3) is 0 Å². The van der Waals surface area contributed by atoms with Crippen LogP contribution in [-0.4, -0.2) is 11.7 Å². The molecule has 1 N–H and O–H groups in total. The van der Waals surface area contributed by atoms with Crippen molar-refractivity contribution >= 4 is 15.9 Å². The lowest BCUT2D eigenvalue weighted by Gasteiger charge is -1.94. The molecule has 1 nitrogen and oxygen atoms in total. The fourth-order valence-electron chi connectivity index (χ4n) is 0.906. The Morgan fingerprint density at radius 1 is 1.43 bits per heavy atom. The third-order valence-corrected chi connectivity index (χ3v) is 2.22. The minimum atomic E-state index is -0.286. The normalized spacial score (nSPS) is 9.36. The molecule has 74 valence electrons. The van der Waals surface area contributed by atoms with Gasteiger partial charge in [-0.1, -0.05) is 11.8 Å². The average molecular weight is 257 g/mol. The SMILES string of the molecule is OCCCC#Cc1ccc(F)c(Br)c1. The predicted octanol–water partition coefficient (Wildman–Crippen LogP) is 2.71. The lowest BCUT2D eigenvalue weighted by molar-refractivity contribution is 0.290. The number of rotatable bonds is 2. The zero-order valence-electron chi connectivity index (χ0n) is 7.56. The Labute approximate surface area is 91.1 Å². The van der Waals surface area contributed by atoms with Gasteiger partial charge in [-0.15, -0.1) is 0 Å². The lowest BCUT2D eigenvalue weighted by Crippen LogP contribution is -1.81. The Bertz CT molecular complexity index is 365. The molecule has 0 heterocycles. The van der Waals surface area contributed by atoms with Gasteiger partial charge in [-0.25, -0.2) is 4.39 Å². The molecule has 3 heteroatoms. The van der Waals surface area contributed by atoms with Crippen molar-refractivity contribution in [3.63, 3.8) is 0 Å². The Kier molecular flexibility index (Phi) is 4.64. The second kappa shape index (κ2) is 5.79. The van der Waals surface area contributed by atoms with Crippen LogP contribution < -0.4 is 0 Å². The number of hydrogen-bond donors (Lipinski definition) is 1. The van der Waals surface area contributed by atoms with Crippen LogP contribution in [0.3, 0.4) is 0 Å². The largest absolute Gasteiger partial charge is 0.396 e. The van der Waals surface area contributed by atoms with Crippen LogP contribution in [0, 0.1) is 17.7 Å². The maximum absolute atomic E-state index is 12.8. The maximum atomic E-state index is 12.8. The van der Waals surface area contributed by atoms with Gasteiger partial charge >= 0.3 is 0 Å². The van der Waals surface area contributed by atoms with Crippen LogP contribution in [0.1, 0.15) is 18.4 Å². The first-order valence-electron chi connectivity index (χ1n) is 4.29. The monoisotopic (exact) mass is 256 g/mol. The summed E-state index contributed by atoms with van der Waals surface area (Å²) in [6, 6.07) is 4.65. The molecule has 0 saturated heterocycles. The highest BCUT2D eigenvalue weighted by atomic mass is 79.9. The van der Waals surface area contributed by atoms with Crippen molar-refractivity contribution in [2.75, 3.05) is 6.61 Å². The van der Waals surface area contributed by atoms with Crippen LogP contribution in [-0.2, 0) is 0 Å². The summed E-state index contributed by atoms with van der Waals surface area (Å²) in [7, 11) is 0. The zero-order valence-corrected chi connectivity index (χ0v) is 9.14. The topological polar surface area (TPSA) is 20.2 Å². The Morgan fingerprint density at radius 2 is 2.21 bits per heavy atom. The standard InChI is InChI=1S/C11H10BrFO/c12-10-8-9(5-6-11(10)13)4-2-1-3-7-14/h5-6,8,14H,1,3,7H2. The van der Waals surface area contributed by atoms with E-state index >= 15 is 0 Å². The van der Waals surface area contributed by atoms with Gasteiger partial charge in [-0.05, 0) is 40.5 Å². The Balaban J connectivity index is 2.66. The maximum Gasteiger partial charge on any atom is 0.137 e. The van der Waals surface area contributed by atoms with Gasteiger partial charge in [-0.2, -0.15) is 0 Å². The summed E-state index contributed by atoms with van der Waals surface area (Å²) in [6.07, 6.45) is 1.33. The van der Waals surface area contributed by atoms with E-state index < -0.39 is 0 Å². The van der Waals surface area contributed by atoms with Gasteiger partial charge < -0.3 is 5.11 Å². The average Bonchev–Trinajstić information content (AvgIpc) is 2.18. The van der Waals surface area contributed by atoms with Gasteiger partial charge in [0.05, 0.1) is 4.47 Å². The third-order valence-electron chi connectivity index (χ3n) is 1.61. The molecule has 0 aliphatic carbocycles. The Hall–Kier alpha value is -0.850. The molecule has 0 unspecified atom stereocenters. The molecular weight excluding hydrogens is 247 g/mol. The molecular formula is C11H10BrFO. The van der Waals surface area contributed by atoms with Crippen molar-refractivity contribution in [2.24, 2.45) is 0 Å². The summed E-state index contributed by atoms with van der Waals surface area (Å²) in [5, 5.41) is 8.52. The van der Waals surface area contributed by atoms with Gasteiger partial charge in [0.15, 0.2) is 0 Å². The van der Waals surface area contributed by atoms with Gasteiger partial charge in [-0.3, -0.25) is 0 Å². The molecule has 0 atom stereocenters. The van der Waals surface area contributed by atoms with Crippen molar-refractivity contribution in [2.45, 2.75) is 12.8 Å². The van der Waals surface area contributed by atoms with Crippen molar-refractivity contribution < 1.29 is 9.50 Å². The highest BCUT2D eigenvalue weighted by Gasteiger charge is 1.97. The highest BCUT2D eigenvalue weighted by Crippen LogP contribution is 2.16. The molecule has 0 saturated carbocycles. The summed E-state index contributed by atoms with van der Waals surface area (Å²) in [6.45, 7) is 0.155. The molecule has 0 aliphatic rings. The molecule has 0 spiro atoms. The van der Waals surface area contributed by atoms with Crippen LogP contribution in [0.4, 0.5) is 4.39 Å². The summed E-state index contributed by atoms with van der Waals surface area (Å²) in [4.78, 5) is 0. The van der Waals surface area contributed by atoms with Crippen molar-refractivity contribution in [1.29, 1.82) is 0 Å². The number of aliphatic hydroxyl groups excluding tert-OH is 1. The molecule has 0 amide bonds. The molecule has 1 aromatic rings. The van der Waals surface area contributed by atoms with Crippen LogP contribution in [0.15, 0.2) is 22.7 Å². The third kappa shape index (κ3) is 3.49. The van der Waals surface area contributed by atoms with E-state index in [1.54, 1.807) is 12.1 Å². The minimum Gasteiger partial charge on any atom is -0.396 e. The van der Waals surface area contributed by atoms with Crippen LogP contribution >= 0.6 is 15.9 Å². The van der Waals surface area contributed by atoms with Gasteiger partial charge in [0.1, 0.15) is 5.82 Å². The van der Waals surface area contributed by atoms with E-state index in [1.807, 2.05) is 0 Å². The molecule has 14 heavy (non-hydrogen) atoms. The molecule has 0 aromatic heterocycles. The number of unbranched alkanes of at least 4 members (excludes halogenated alkanes) is 1. The first kappa shape index (κ1) is 11.2. The first-order chi connectivity index (χ1) is 6.74. The number of aliphatic hydroxyl groups is 1. The highest BCUT2D eigenvalue weighted by molar-refractivity contribution is 9.10. The van der Waals surface area contributed by atoms with E-state index in [4.69, 9.17) is 5.11 Å². The minimum absolute atomic E-state index is 0.155. The first-order valence-corrected chi connectivity index (χ1v) is 5.08. The second-order valence-corrected chi connectivity index (χ2v) is 3.61. The number of hydrogen-bond acceptors (Lipinski definition) is 1. The second-order valence-electron chi connectivity index (χ2n) is 2.76. The van der Waals surface area contributed by atoms with Crippen molar-refractivity contribution in [3.8, 4) is 11.8 Å². The smallest absolute Gasteiger partial charge is 0.137 e. The van der Waals surface area contributed by atoms with Crippen LogP contribution in [0.2, 0.25) is 0 Å². The molecule has 1 aromatic carbocycles. The fourth-order valence-corrected chi connectivity index (χ4v) is 1.28. The van der Waals surface area contributed by atoms with Crippen molar-refractivity contribution in [1.82, 2.24) is 0 Å². The van der Waals surface area contributed by atoms with E-state index in [9.17, 15) is 4.39 Å². The molecule has 0 bridgehead atoms. The van der Waals surface area contributed by atoms with E-state index in [0.29, 0.717) is 17.3 Å². The fraction of sp³-hybridized carbons (Fsp3) is 0.273. The van der Waals surface area contributed by atoms with Crippen LogP contribution in [0.5, 0.6) is 0 Å². The van der Waals surface area contributed by atoms with Gasteiger partial charge in [0, 0.05) is 18.6 Å². The van der Waals surface area contributed by atoms with E-state index in [1.165, 1.54) is 6.07 Å². The lowest BCUT2D eigenvalue weighted by atomic mass is 10.2. The molecule has 0 radical (unpaired) electrons. The summed E-state index contributed by atoms with van der Waals surface area (Å²) in [5.74, 6) is 5.50.